The van der Waals surface area contributed by atoms with E-state index in [0.717, 1.165) is 12.8 Å². The average Bonchev–Trinajstić information content (AvgIpc) is 2.46. The summed E-state index contributed by atoms with van der Waals surface area (Å²) >= 11 is 0. The lowest BCUT2D eigenvalue weighted by Crippen LogP contribution is -2.35. The monoisotopic (exact) mass is 284 g/mol. The van der Waals surface area contributed by atoms with Gasteiger partial charge in [0, 0.05) is 0 Å². The van der Waals surface area contributed by atoms with Crippen LogP contribution in [0, 0.1) is 0 Å². The molecule has 1 radical (unpaired) electrons. The molecular formula is C16H30NO3. The molecule has 1 unspecified atom stereocenters. The first-order valence-electron chi connectivity index (χ1n) is 8.03. The molecule has 1 amide bonds. The summed E-state index contributed by atoms with van der Waals surface area (Å²) in [6, 6.07) is 0. The van der Waals surface area contributed by atoms with Crippen molar-refractivity contribution in [3.8, 4) is 0 Å². The van der Waals surface area contributed by atoms with Crippen LogP contribution in [-0.2, 0) is 9.59 Å². The number of amides is 1. The smallest absolute Gasteiger partial charge is 0.249 e. The number of aliphatic hydroxyl groups is 1. The van der Waals surface area contributed by atoms with E-state index < -0.39 is 12.0 Å². The number of aliphatic hydroxyl groups excluding tert-OH is 1. The highest BCUT2D eigenvalue weighted by atomic mass is 16.3. The lowest BCUT2D eigenvalue weighted by atomic mass is 10.0. The van der Waals surface area contributed by atoms with Gasteiger partial charge in [-0.25, -0.2) is 0 Å². The third-order valence-corrected chi connectivity index (χ3v) is 3.47. The predicted octanol–water partition coefficient (Wildman–Crippen LogP) is 2.88. The van der Waals surface area contributed by atoms with Gasteiger partial charge >= 0.3 is 0 Å². The second-order valence-corrected chi connectivity index (χ2v) is 5.35. The van der Waals surface area contributed by atoms with Gasteiger partial charge in [0.1, 0.15) is 6.10 Å². The van der Waals surface area contributed by atoms with Gasteiger partial charge in [-0.15, -0.1) is 0 Å². The van der Waals surface area contributed by atoms with Crippen molar-refractivity contribution >= 4 is 12.2 Å². The lowest BCUT2D eigenvalue weighted by Gasteiger charge is -2.09. The maximum atomic E-state index is 11.3. The molecule has 0 aromatic carbocycles. The summed E-state index contributed by atoms with van der Waals surface area (Å²) in [5, 5.41) is 11.8. The Morgan fingerprint density at radius 2 is 1.50 bits per heavy atom. The Bertz CT molecular complexity index is 244. The molecule has 0 heterocycles. The zero-order valence-corrected chi connectivity index (χ0v) is 12.8. The zero-order valence-electron chi connectivity index (χ0n) is 12.8. The first kappa shape index (κ1) is 19.1. The number of unbranched alkanes of at least 4 members (excludes halogenated alkanes) is 9. The van der Waals surface area contributed by atoms with Crippen molar-refractivity contribution in [2.24, 2.45) is 0 Å². The van der Waals surface area contributed by atoms with Crippen molar-refractivity contribution < 1.29 is 14.7 Å². The summed E-state index contributed by atoms with van der Waals surface area (Å²) in [7, 11) is 0. The van der Waals surface area contributed by atoms with Gasteiger partial charge in [-0.1, -0.05) is 71.1 Å². The molecule has 0 aliphatic carbocycles. The molecule has 1 atom stereocenters. The van der Waals surface area contributed by atoms with Crippen LogP contribution < -0.4 is 5.32 Å². The van der Waals surface area contributed by atoms with Crippen LogP contribution in [-0.4, -0.2) is 29.9 Å². The van der Waals surface area contributed by atoms with Crippen LogP contribution in [0.1, 0.15) is 77.6 Å². The minimum atomic E-state index is -0.989. The maximum Gasteiger partial charge on any atom is 0.249 e. The van der Waals surface area contributed by atoms with Crippen molar-refractivity contribution in [1.29, 1.82) is 0 Å². The molecule has 0 saturated carbocycles. The first-order chi connectivity index (χ1) is 9.72. The van der Waals surface area contributed by atoms with E-state index in [0.29, 0.717) is 6.42 Å². The van der Waals surface area contributed by atoms with Crippen molar-refractivity contribution in [1.82, 2.24) is 5.32 Å². The standard InChI is InChI=1S/C16H30NO3/c1-2-3-4-5-6-7-8-9-10-11-12-15(19)16(20)17-13-14-18/h15,19H,2-13H2,1H3,(H,17,20). The molecule has 0 rings (SSSR count). The van der Waals surface area contributed by atoms with E-state index in [-0.39, 0.29) is 6.54 Å². The van der Waals surface area contributed by atoms with Crippen LogP contribution in [0.5, 0.6) is 0 Å². The van der Waals surface area contributed by atoms with Crippen molar-refractivity contribution in [2.45, 2.75) is 83.7 Å². The molecule has 0 fully saturated rings. The predicted molar refractivity (Wildman–Crippen MR) is 81.2 cm³/mol. The van der Waals surface area contributed by atoms with Crippen molar-refractivity contribution in [3.05, 3.63) is 0 Å². The highest BCUT2D eigenvalue weighted by Gasteiger charge is 2.13. The van der Waals surface area contributed by atoms with Crippen LogP contribution >= 0.6 is 0 Å². The highest BCUT2D eigenvalue weighted by Crippen LogP contribution is 2.12. The van der Waals surface area contributed by atoms with Gasteiger partial charge in [0.05, 0.1) is 6.54 Å². The Balaban J connectivity index is 3.26. The summed E-state index contributed by atoms with van der Waals surface area (Å²) in [5.74, 6) is -0.468. The molecule has 0 saturated heterocycles. The largest absolute Gasteiger partial charge is 0.383 e. The van der Waals surface area contributed by atoms with E-state index in [4.69, 9.17) is 0 Å². The summed E-state index contributed by atoms with van der Waals surface area (Å²) in [6.45, 7) is 2.08. The number of carbonyl (C=O) groups is 1. The molecule has 0 aliphatic heterocycles. The Kier molecular flexibility index (Phi) is 13.9. The van der Waals surface area contributed by atoms with E-state index in [9.17, 15) is 14.7 Å². The summed E-state index contributed by atoms with van der Waals surface area (Å²) < 4.78 is 0. The quantitative estimate of drug-likeness (QED) is 0.482. The molecule has 0 aromatic heterocycles. The molecule has 0 aromatic rings. The number of rotatable bonds is 14. The Morgan fingerprint density at radius 3 is 2.00 bits per heavy atom. The third kappa shape index (κ3) is 12.2. The summed E-state index contributed by atoms with van der Waals surface area (Å²) in [5.41, 5.74) is 0. The number of nitrogens with one attached hydrogen (secondary N) is 1. The lowest BCUT2D eigenvalue weighted by molar-refractivity contribution is -0.129. The van der Waals surface area contributed by atoms with Gasteiger partial charge in [-0.2, -0.15) is 0 Å². The van der Waals surface area contributed by atoms with Crippen LogP contribution in [0.3, 0.4) is 0 Å². The number of hydrogen-bond acceptors (Lipinski definition) is 3. The molecule has 4 nitrogen and oxygen atoms in total. The SMILES string of the molecule is CCCCCCCCCCCCC(O)C(=O)NC[C]=O. The fraction of sp³-hybridized carbons (Fsp3) is 0.875. The van der Waals surface area contributed by atoms with Crippen molar-refractivity contribution in [3.63, 3.8) is 0 Å². The van der Waals surface area contributed by atoms with Gasteiger partial charge < -0.3 is 10.4 Å². The van der Waals surface area contributed by atoms with Crippen LogP contribution in [0.4, 0.5) is 0 Å². The van der Waals surface area contributed by atoms with Crippen LogP contribution in [0.25, 0.3) is 0 Å². The number of hydrogen-bond donors (Lipinski definition) is 2. The van der Waals surface area contributed by atoms with Gasteiger partial charge in [0.2, 0.25) is 12.2 Å². The molecule has 4 heteroatoms. The normalized spacial score (nSPS) is 12.1. The van der Waals surface area contributed by atoms with Gasteiger partial charge in [0.15, 0.2) is 0 Å². The fourth-order valence-electron chi connectivity index (χ4n) is 2.20. The van der Waals surface area contributed by atoms with Crippen LogP contribution in [0.15, 0.2) is 0 Å². The fourth-order valence-corrected chi connectivity index (χ4v) is 2.20. The molecule has 0 spiro atoms. The van der Waals surface area contributed by atoms with Gasteiger partial charge in [-0.05, 0) is 6.42 Å². The van der Waals surface area contributed by atoms with Crippen molar-refractivity contribution in [2.75, 3.05) is 6.54 Å². The second kappa shape index (κ2) is 14.5. The first-order valence-corrected chi connectivity index (χ1v) is 8.03. The number of carbonyl (C=O) groups excluding carboxylic acids is 2. The molecular weight excluding hydrogens is 254 g/mol. The molecule has 2 N–H and O–H groups in total. The molecule has 117 valence electrons. The highest BCUT2D eigenvalue weighted by molar-refractivity contribution is 5.82. The minimum absolute atomic E-state index is 0.145. The van der Waals surface area contributed by atoms with E-state index in [1.54, 1.807) is 6.29 Å². The maximum absolute atomic E-state index is 11.3. The second-order valence-electron chi connectivity index (χ2n) is 5.35. The molecule has 20 heavy (non-hydrogen) atoms. The topological polar surface area (TPSA) is 66.4 Å². The zero-order chi connectivity index (χ0) is 15.1. The van der Waals surface area contributed by atoms with Gasteiger partial charge in [0.25, 0.3) is 0 Å². The Morgan fingerprint density at radius 1 is 1.00 bits per heavy atom. The van der Waals surface area contributed by atoms with E-state index in [1.807, 2.05) is 0 Å². The van der Waals surface area contributed by atoms with Gasteiger partial charge in [-0.3, -0.25) is 9.59 Å². The van der Waals surface area contributed by atoms with E-state index in [1.165, 1.54) is 51.4 Å². The summed E-state index contributed by atoms with van der Waals surface area (Å²) in [4.78, 5) is 21.2. The minimum Gasteiger partial charge on any atom is -0.383 e. The van der Waals surface area contributed by atoms with Crippen LogP contribution in [0.2, 0.25) is 0 Å². The Labute approximate surface area is 123 Å². The summed E-state index contributed by atoms with van der Waals surface area (Å²) in [6.07, 6.45) is 13.3. The van der Waals surface area contributed by atoms with E-state index in [2.05, 4.69) is 12.2 Å². The molecule has 0 bridgehead atoms. The third-order valence-electron chi connectivity index (χ3n) is 3.47. The average molecular weight is 284 g/mol. The molecule has 0 aliphatic rings. The van der Waals surface area contributed by atoms with E-state index >= 15 is 0 Å². The Hall–Kier alpha value is -0.900.